The summed E-state index contributed by atoms with van der Waals surface area (Å²) in [7, 11) is 0. The van der Waals surface area contributed by atoms with E-state index in [0.29, 0.717) is 17.9 Å². The fourth-order valence-electron chi connectivity index (χ4n) is 1.51. The first-order valence-corrected chi connectivity index (χ1v) is 5.54. The van der Waals surface area contributed by atoms with Crippen molar-refractivity contribution in [2.24, 2.45) is 0 Å². The number of Topliss-reactive ketones (excluding diaryl/α,β-unsaturated/α-hetero) is 1. The third-order valence-corrected chi connectivity index (χ3v) is 2.49. The Morgan fingerprint density at radius 1 is 1.28 bits per heavy atom. The van der Waals surface area contributed by atoms with Gasteiger partial charge in [-0.2, -0.15) is 0 Å². The van der Waals surface area contributed by atoms with Crippen LogP contribution in [-0.2, 0) is 6.54 Å². The highest BCUT2D eigenvalue weighted by atomic mass is 16.2. The summed E-state index contributed by atoms with van der Waals surface area (Å²) in [6.07, 6.45) is 3.37. The van der Waals surface area contributed by atoms with Crippen molar-refractivity contribution in [2.75, 3.05) is 0 Å². The highest BCUT2D eigenvalue weighted by molar-refractivity contribution is 5.97. The number of carbonyl (C=O) groups is 2. The van der Waals surface area contributed by atoms with Gasteiger partial charge in [-0.3, -0.25) is 14.6 Å². The molecule has 1 amide bonds. The van der Waals surface area contributed by atoms with Gasteiger partial charge in [0.15, 0.2) is 5.78 Å². The van der Waals surface area contributed by atoms with Crippen molar-refractivity contribution in [3.05, 3.63) is 53.6 Å². The summed E-state index contributed by atoms with van der Waals surface area (Å²) in [5, 5.41) is 2.75. The van der Waals surface area contributed by atoms with E-state index in [2.05, 4.69) is 15.3 Å². The normalized spacial score (nSPS) is 10.1. The minimum absolute atomic E-state index is 0.0960. The van der Waals surface area contributed by atoms with E-state index in [4.69, 9.17) is 0 Å². The molecule has 5 heteroatoms. The smallest absolute Gasteiger partial charge is 0.267 e. The summed E-state index contributed by atoms with van der Waals surface area (Å²) >= 11 is 0. The second kappa shape index (κ2) is 5.27. The molecule has 2 aromatic heterocycles. The highest BCUT2D eigenvalue weighted by Crippen LogP contribution is 2.03. The molecule has 0 bridgehead atoms. The lowest BCUT2D eigenvalue weighted by atomic mass is 10.3. The molecule has 0 aliphatic rings. The van der Waals surface area contributed by atoms with Gasteiger partial charge in [0, 0.05) is 25.9 Å². The van der Waals surface area contributed by atoms with Crippen molar-refractivity contribution in [3.8, 4) is 0 Å². The number of rotatable bonds is 4. The van der Waals surface area contributed by atoms with Crippen LogP contribution in [0.3, 0.4) is 0 Å². The molecule has 0 saturated carbocycles. The predicted molar refractivity (Wildman–Crippen MR) is 66.2 cm³/mol. The molecule has 0 unspecified atom stereocenters. The summed E-state index contributed by atoms with van der Waals surface area (Å²) < 4.78 is 0. The van der Waals surface area contributed by atoms with Crippen molar-refractivity contribution >= 4 is 11.7 Å². The molecule has 5 nitrogen and oxygen atoms in total. The molecule has 0 spiro atoms. The summed E-state index contributed by atoms with van der Waals surface area (Å²) in [6.45, 7) is 1.85. The minimum atomic E-state index is -0.244. The maximum atomic E-state index is 11.8. The van der Waals surface area contributed by atoms with Gasteiger partial charge in [0.25, 0.3) is 5.91 Å². The zero-order chi connectivity index (χ0) is 13.0. The third kappa shape index (κ3) is 2.82. The molecule has 2 rings (SSSR count). The van der Waals surface area contributed by atoms with E-state index in [-0.39, 0.29) is 11.7 Å². The van der Waals surface area contributed by atoms with Gasteiger partial charge in [0.2, 0.25) is 0 Å². The minimum Gasteiger partial charge on any atom is -0.348 e. The number of H-pyrrole nitrogens is 1. The maximum Gasteiger partial charge on any atom is 0.267 e. The van der Waals surface area contributed by atoms with Gasteiger partial charge >= 0.3 is 0 Å². The first kappa shape index (κ1) is 12.0. The van der Waals surface area contributed by atoms with Crippen molar-refractivity contribution in [1.82, 2.24) is 15.3 Å². The molecule has 0 aromatic carbocycles. The first-order valence-electron chi connectivity index (χ1n) is 5.54. The molecule has 18 heavy (non-hydrogen) atoms. The Balaban J connectivity index is 1.97. The van der Waals surface area contributed by atoms with Crippen molar-refractivity contribution in [1.29, 1.82) is 0 Å². The van der Waals surface area contributed by atoms with Crippen molar-refractivity contribution < 1.29 is 9.59 Å². The number of pyridine rings is 1. The molecule has 0 saturated heterocycles. The second-order valence-electron chi connectivity index (χ2n) is 3.89. The SMILES string of the molecule is CC(=O)c1ccc(C(=O)NCc2cccnc2)[nH]1. The van der Waals surface area contributed by atoms with Crippen LogP contribution in [0.25, 0.3) is 0 Å². The lowest BCUT2D eigenvalue weighted by Crippen LogP contribution is -2.23. The second-order valence-corrected chi connectivity index (χ2v) is 3.89. The maximum absolute atomic E-state index is 11.8. The standard InChI is InChI=1S/C13H13N3O2/c1-9(17)11-4-5-12(16-11)13(18)15-8-10-3-2-6-14-7-10/h2-7,16H,8H2,1H3,(H,15,18). The number of aromatic nitrogens is 2. The van der Waals surface area contributed by atoms with Crippen LogP contribution in [0.4, 0.5) is 0 Å². The molecule has 0 atom stereocenters. The Bertz CT molecular complexity index is 561. The van der Waals surface area contributed by atoms with Crippen LogP contribution in [0.15, 0.2) is 36.7 Å². The van der Waals surface area contributed by atoms with Gasteiger partial charge in [0.05, 0.1) is 5.69 Å². The summed E-state index contributed by atoms with van der Waals surface area (Å²) in [5.74, 6) is -0.340. The van der Waals surface area contributed by atoms with E-state index in [1.54, 1.807) is 24.5 Å². The Hall–Kier alpha value is -2.43. The van der Waals surface area contributed by atoms with Gasteiger partial charge in [-0.15, -0.1) is 0 Å². The van der Waals surface area contributed by atoms with Crippen LogP contribution >= 0.6 is 0 Å². The number of carbonyl (C=O) groups excluding carboxylic acids is 2. The molecule has 2 N–H and O–H groups in total. The molecule has 92 valence electrons. The van der Waals surface area contributed by atoms with Gasteiger partial charge < -0.3 is 10.3 Å². The molecular formula is C13H13N3O2. The van der Waals surface area contributed by atoms with Gasteiger partial charge in [-0.05, 0) is 23.8 Å². The molecule has 0 radical (unpaired) electrons. The largest absolute Gasteiger partial charge is 0.348 e. The summed E-state index contributed by atoms with van der Waals surface area (Å²) in [4.78, 5) is 29.6. The fourth-order valence-corrected chi connectivity index (χ4v) is 1.51. The van der Waals surface area contributed by atoms with Gasteiger partial charge in [-0.1, -0.05) is 6.07 Å². The lowest BCUT2D eigenvalue weighted by molar-refractivity contribution is 0.0946. The molecule has 0 fully saturated rings. The zero-order valence-electron chi connectivity index (χ0n) is 9.93. The Morgan fingerprint density at radius 2 is 2.06 bits per heavy atom. The van der Waals surface area contributed by atoms with Gasteiger partial charge in [0.1, 0.15) is 5.69 Å². The zero-order valence-corrected chi connectivity index (χ0v) is 9.93. The molecule has 0 aliphatic carbocycles. The van der Waals surface area contributed by atoms with Crippen molar-refractivity contribution in [3.63, 3.8) is 0 Å². The predicted octanol–water partition coefficient (Wildman–Crippen LogP) is 1.54. The molecule has 2 heterocycles. The van der Waals surface area contributed by atoms with E-state index in [1.165, 1.54) is 6.92 Å². The Kier molecular flexibility index (Phi) is 3.52. The van der Waals surface area contributed by atoms with Crippen LogP contribution in [0, 0.1) is 0 Å². The Morgan fingerprint density at radius 3 is 2.67 bits per heavy atom. The van der Waals surface area contributed by atoms with Crippen LogP contribution in [0.5, 0.6) is 0 Å². The molecular weight excluding hydrogens is 230 g/mol. The number of hydrogen-bond acceptors (Lipinski definition) is 3. The highest BCUT2D eigenvalue weighted by Gasteiger charge is 2.09. The quantitative estimate of drug-likeness (QED) is 0.800. The summed E-state index contributed by atoms with van der Waals surface area (Å²) in [5.41, 5.74) is 1.73. The van der Waals surface area contributed by atoms with Crippen LogP contribution in [0.2, 0.25) is 0 Å². The fraction of sp³-hybridized carbons (Fsp3) is 0.154. The molecule has 2 aromatic rings. The topological polar surface area (TPSA) is 74.8 Å². The van der Waals surface area contributed by atoms with E-state index in [9.17, 15) is 9.59 Å². The number of nitrogens with zero attached hydrogens (tertiary/aromatic N) is 1. The van der Waals surface area contributed by atoms with E-state index < -0.39 is 0 Å². The number of amides is 1. The molecule has 0 aliphatic heterocycles. The van der Waals surface area contributed by atoms with E-state index in [0.717, 1.165) is 5.56 Å². The number of nitrogens with one attached hydrogen (secondary N) is 2. The monoisotopic (exact) mass is 243 g/mol. The van der Waals surface area contributed by atoms with Crippen LogP contribution < -0.4 is 5.32 Å². The van der Waals surface area contributed by atoms with Crippen LogP contribution in [-0.4, -0.2) is 21.7 Å². The Labute approximate surface area is 104 Å². The first-order chi connectivity index (χ1) is 8.66. The number of ketones is 1. The third-order valence-electron chi connectivity index (χ3n) is 2.49. The van der Waals surface area contributed by atoms with Gasteiger partial charge in [-0.25, -0.2) is 0 Å². The van der Waals surface area contributed by atoms with Crippen LogP contribution in [0.1, 0.15) is 33.5 Å². The lowest BCUT2D eigenvalue weighted by Gasteiger charge is -2.03. The average Bonchev–Trinajstić information content (AvgIpc) is 2.87. The average molecular weight is 243 g/mol. The van der Waals surface area contributed by atoms with E-state index >= 15 is 0 Å². The summed E-state index contributed by atoms with van der Waals surface area (Å²) in [6, 6.07) is 6.88. The number of hydrogen-bond donors (Lipinski definition) is 2. The van der Waals surface area contributed by atoms with Crippen molar-refractivity contribution in [2.45, 2.75) is 13.5 Å². The number of aromatic amines is 1. The van der Waals surface area contributed by atoms with E-state index in [1.807, 2.05) is 12.1 Å².